The quantitative estimate of drug-likeness (QED) is 0.877. The number of fused-ring (bicyclic) bond motifs is 1. The first kappa shape index (κ1) is 11.9. The smallest absolute Gasteiger partial charge is 0.136 e. The van der Waals surface area contributed by atoms with Crippen LogP contribution in [0.3, 0.4) is 0 Å². The molecule has 1 N–H and O–H groups in total. The molecule has 1 heterocycles. The molecule has 0 saturated heterocycles. The van der Waals surface area contributed by atoms with E-state index in [0.717, 1.165) is 35.2 Å². The number of benzene rings is 1. The van der Waals surface area contributed by atoms with Gasteiger partial charge in [-0.3, -0.25) is 0 Å². The van der Waals surface area contributed by atoms with Gasteiger partial charge in [0.25, 0.3) is 0 Å². The fourth-order valence-corrected chi connectivity index (χ4v) is 2.05. The molecule has 2 rings (SSSR count). The summed E-state index contributed by atoms with van der Waals surface area (Å²) >= 11 is 0. The minimum absolute atomic E-state index is 0.0161. The van der Waals surface area contributed by atoms with E-state index in [1.54, 1.807) is 0 Å². The summed E-state index contributed by atoms with van der Waals surface area (Å²) in [5.74, 6) is 0.953. The zero-order valence-electron chi connectivity index (χ0n) is 10.3. The first-order valence-electron chi connectivity index (χ1n) is 5.97. The molecule has 3 heteroatoms. The SMILES string of the molecule is CCCN(C)c1nc(CO)cc2ccccc12. The van der Waals surface area contributed by atoms with Gasteiger partial charge >= 0.3 is 0 Å². The maximum atomic E-state index is 9.25. The maximum absolute atomic E-state index is 9.25. The molecule has 0 saturated carbocycles. The molecule has 90 valence electrons. The molecule has 0 bridgehead atoms. The van der Waals surface area contributed by atoms with Gasteiger partial charge < -0.3 is 10.0 Å². The summed E-state index contributed by atoms with van der Waals surface area (Å²) in [6.07, 6.45) is 1.08. The third-order valence-corrected chi connectivity index (χ3v) is 2.86. The van der Waals surface area contributed by atoms with Crippen LogP contribution < -0.4 is 4.90 Å². The highest BCUT2D eigenvalue weighted by atomic mass is 16.3. The Kier molecular flexibility index (Phi) is 3.59. The van der Waals surface area contributed by atoms with Crippen molar-refractivity contribution in [2.75, 3.05) is 18.5 Å². The average molecular weight is 230 g/mol. The van der Waals surface area contributed by atoms with Crippen molar-refractivity contribution in [2.45, 2.75) is 20.0 Å². The lowest BCUT2D eigenvalue weighted by Gasteiger charge is -2.20. The number of hydrogen-bond acceptors (Lipinski definition) is 3. The number of hydrogen-bond donors (Lipinski definition) is 1. The fourth-order valence-electron chi connectivity index (χ4n) is 2.05. The predicted octanol–water partition coefficient (Wildman–Crippen LogP) is 2.57. The second-order valence-corrected chi connectivity index (χ2v) is 4.24. The zero-order chi connectivity index (χ0) is 12.3. The van der Waals surface area contributed by atoms with Crippen LogP contribution in [0, 0.1) is 0 Å². The number of pyridine rings is 1. The highest BCUT2D eigenvalue weighted by Crippen LogP contribution is 2.25. The molecule has 1 aromatic heterocycles. The van der Waals surface area contributed by atoms with E-state index in [4.69, 9.17) is 0 Å². The lowest BCUT2D eigenvalue weighted by atomic mass is 10.1. The van der Waals surface area contributed by atoms with Crippen LogP contribution in [0.2, 0.25) is 0 Å². The number of rotatable bonds is 4. The zero-order valence-corrected chi connectivity index (χ0v) is 10.3. The summed E-state index contributed by atoms with van der Waals surface area (Å²) in [4.78, 5) is 6.65. The monoisotopic (exact) mass is 230 g/mol. The van der Waals surface area contributed by atoms with Crippen molar-refractivity contribution in [1.29, 1.82) is 0 Å². The van der Waals surface area contributed by atoms with Crippen LogP contribution in [0.15, 0.2) is 30.3 Å². The van der Waals surface area contributed by atoms with Gasteiger partial charge in [-0.15, -0.1) is 0 Å². The van der Waals surface area contributed by atoms with E-state index in [1.165, 1.54) is 0 Å². The van der Waals surface area contributed by atoms with Crippen molar-refractivity contribution in [2.24, 2.45) is 0 Å². The topological polar surface area (TPSA) is 36.4 Å². The number of nitrogens with zero attached hydrogens (tertiary/aromatic N) is 2. The Balaban J connectivity index is 2.58. The molecule has 0 radical (unpaired) electrons. The summed E-state index contributed by atoms with van der Waals surface area (Å²) in [6, 6.07) is 10.1. The van der Waals surface area contributed by atoms with Crippen molar-refractivity contribution in [3.8, 4) is 0 Å². The summed E-state index contributed by atoms with van der Waals surface area (Å²) < 4.78 is 0. The van der Waals surface area contributed by atoms with Gasteiger partial charge in [-0.2, -0.15) is 0 Å². The Morgan fingerprint density at radius 3 is 2.76 bits per heavy atom. The van der Waals surface area contributed by atoms with Gasteiger partial charge in [0.1, 0.15) is 5.82 Å². The van der Waals surface area contributed by atoms with Crippen molar-refractivity contribution in [3.63, 3.8) is 0 Å². The lowest BCUT2D eigenvalue weighted by Crippen LogP contribution is -2.19. The van der Waals surface area contributed by atoms with Crippen LogP contribution in [0.25, 0.3) is 10.8 Å². The number of anilines is 1. The van der Waals surface area contributed by atoms with Crippen molar-refractivity contribution in [1.82, 2.24) is 4.98 Å². The molecule has 0 fully saturated rings. The van der Waals surface area contributed by atoms with Crippen LogP contribution in [-0.2, 0) is 6.61 Å². The van der Waals surface area contributed by atoms with Gasteiger partial charge in [-0.25, -0.2) is 4.98 Å². The minimum Gasteiger partial charge on any atom is -0.390 e. The summed E-state index contributed by atoms with van der Waals surface area (Å²) in [5, 5.41) is 11.5. The second kappa shape index (κ2) is 5.15. The Hall–Kier alpha value is -1.61. The van der Waals surface area contributed by atoms with E-state index < -0.39 is 0 Å². The molecule has 0 unspecified atom stereocenters. The van der Waals surface area contributed by atoms with Gasteiger partial charge in [-0.05, 0) is 17.9 Å². The maximum Gasteiger partial charge on any atom is 0.136 e. The van der Waals surface area contributed by atoms with Crippen LogP contribution in [0.5, 0.6) is 0 Å². The molecule has 0 amide bonds. The summed E-state index contributed by atoms with van der Waals surface area (Å²) in [6.45, 7) is 3.10. The Labute approximate surface area is 102 Å². The Bertz CT molecular complexity index is 511. The predicted molar refractivity (Wildman–Crippen MR) is 71.2 cm³/mol. The van der Waals surface area contributed by atoms with E-state index in [9.17, 15) is 5.11 Å². The summed E-state index contributed by atoms with van der Waals surface area (Å²) in [5.41, 5.74) is 0.724. The lowest BCUT2D eigenvalue weighted by molar-refractivity contribution is 0.277. The number of aliphatic hydroxyl groups is 1. The van der Waals surface area contributed by atoms with Gasteiger partial charge in [0.2, 0.25) is 0 Å². The molecule has 0 spiro atoms. The second-order valence-electron chi connectivity index (χ2n) is 4.24. The van der Waals surface area contributed by atoms with Crippen LogP contribution in [-0.4, -0.2) is 23.7 Å². The molecule has 3 nitrogen and oxygen atoms in total. The van der Waals surface area contributed by atoms with Crippen LogP contribution >= 0.6 is 0 Å². The van der Waals surface area contributed by atoms with Crippen LogP contribution in [0.4, 0.5) is 5.82 Å². The third kappa shape index (κ3) is 2.39. The molecule has 1 aromatic carbocycles. The van der Waals surface area contributed by atoms with Gasteiger partial charge in [-0.1, -0.05) is 31.2 Å². The molecule has 17 heavy (non-hydrogen) atoms. The molecule has 0 aliphatic rings. The minimum atomic E-state index is -0.0161. The van der Waals surface area contributed by atoms with E-state index >= 15 is 0 Å². The largest absolute Gasteiger partial charge is 0.390 e. The van der Waals surface area contributed by atoms with E-state index in [-0.39, 0.29) is 6.61 Å². The first-order valence-corrected chi connectivity index (χ1v) is 5.97. The van der Waals surface area contributed by atoms with Gasteiger partial charge in [0, 0.05) is 19.0 Å². The van der Waals surface area contributed by atoms with Crippen LogP contribution in [0.1, 0.15) is 19.0 Å². The Morgan fingerprint density at radius 1 is 1.29 bits per heavy atom. The molecular weight excluding hydrogens is 212 g/mol. The van der Waals surface area contributed by atoms with Crippen molar-refractivity contribution >= 4 is 16.6 Å². The number of aromatic nitrogens is 1. The van der Waals surface area contributed by atoms with E-state index in [1.807, 2.05) is 25.2 Å². The fraction of sp³-hybridized carbons (Fsp3) is 0.357. The van der Waals surface area contributed by atoms with E-state index in [0.29, 0.717) is 0 Å². The van der Waals surface area contributed by atoms with Gasteiger partial charge in [0.05, 0.1) is 12.3 Å². The molecule has 2 aromatic rings. The molecular formula is C14H18N2O. The summed E-state index contributed by atoms with van der Waals surface area (Å²) in [7, 11) is 2.04. The first-order chi connectivity index (χ1) is 8.26. The highest BCUT2D eigenvalue weighted by Gasteiger charge is 2.08. The standard InChI is InChI=1S/C14H18N2O/c1-3-8-16(2)14-13-7-5-4-6-11(13)9-12(10-17)15-14/h4-7,9,17H,3,8,10H2,1-2H3. The van der Waals surface area contributed by atoms with E-state index in [2.05, 4.69) is 28.9 Å². The van der Waals surface area contributed by atoms with Crippen molar-refractivity contribution in [3.05, 3.63) is 36.0 Å². The molecule has 0 aliphatic carbocycles. The third-order valence-electron chi connectivity index (χ3n) is 2.86. The van der Waals surface area contributed by atoms with Crippen molar-refractivity contribution < 1.29 is 5.11 Å². The highest BCUT2D eigenvalue weighted by molar-refractivity contribution is 5.92. The molecule has 0 atom stereocenters. The average Bonchev–Trinajstić information content (AvgIpc) is 2.37. The normalized spacial score (nSPS) is 10.8. The number of aliphatic hydroxyl groups excluding tert-OH is 1. The Morgan fingerprint density at radius 2 is 2.06 bits per heavy atom. The molecule has 0 aliphatic heterocycles. The van der Waals surface area contributed by atoms with Gasteiger partial charge in [0.15, 0.2) is 0 Å².